The van der Waals surface area contributed by atoms with Gasteiger partial charge in [0.25, 0.3) is 11.8 Å². The fourth-order valence-corrected chi connectivity index (χ4v) is 4.72. The standard InChI is InChI=1S/C24H21Cl2N3O6/c25-18-10-16-17(11-19(18)26)23(33)29(22(16)32)15-8-6-14(7-9-15)24(34)35-12-20(30)27-28-21(31)13-4-2-1-3-5-13/h1-9,16-19H,10-12H2,(H,27,30)(H,28,31)/t16-,17-,18+,19+/m1/s1. The van der Waals surface area contributed by atoms with E-state index in [4.69, 9.17) is 27.9 Å². The summed E-state index contributed by atoms with van der Waals surface area (Å²) in [5, 5.41) is -0.758. The van der Waals surface area contributed by atoms with Crippen LogP contribution >= 0.6 is 23.2 Å². The molecule has 0 radical (unpaired) electrons. The lowest BCUT2D eigenvalue weighted by Crippen LogP contribution is -2.43. The Hall–Kier alpha value is -3.43. The maximum atomic E-state index is 12.8. The molecule has 1 saturated heterocycles. The van der Waals surface area contributed by atoms with Crippen molar-refractivity contribution in [3.8, 4) is 0 Å². The number of alkyl halides is 2. The first-order valence-corrected chi connectivity index (χ1v) is 11.7. The highest BCUT2D eigenvalue weighted by Crippen LogP contribution is 2.43. The predicted molar refractivity (Wildman–Crippen MR) is 127 cm³/mol. The van der Waals surface area contributed by atoms with Crippen LogP contribution in [0.3, 0.4) is 0 Å². The Morgan fingerprint density at radius 3 is 1.97 bits per heavy atom. The SMILES string of the molecule is O=C(COC(=O)c1ccc(N2C(=O)[C@@H]3C[C@H](Cl)[C@@H](Cl)C[C@H]3C2=O)cc1)NNC(=O)c1ccccc1. The highest BCUT2D eigenvalue weighted by Gasteiger charge is 2.52. The van der Waals surface area contributed by atoms with E-state index in [1.54, 1.807) is 30.3 Å². The minimum Gasteiger partial charge on any atom is -0.452 e. The second-order valence-electron chi connectivity index (χ2n) is 8.22. The fraction of sp³-hybridized carbons (Fsp3) is 0.292. The van der Waals surface area contributed by atoms with E-state index < -0.39 is 36.2 Å². The summed E-state index contributed by atoms with van der Waals surface area (Å²) in [5.41, 5.74) is 5.17. The molecule has 2 N–H and O–H groups in total. The van der Waals surface area contributed by atoms with E-state index in [0.29, 0.717) is 24.1 Å². The Morgan fingerprint density at radius 1 is 0.829 bits per heavy atom. The van der Waals surface area contributed by atoms with Crippen LogP contribution in [-0.4, -0.2) is 47.0 Å². The van der Waals surface area contributed by atoms with Gasteiger partial charge in [-0.2, -0.15) is 0 Å². The molecule has 0 bridgehead atoms. The number of hydrogen-bond donors (Lipinski definition) is 2. The molecule has 1 saturated carbocycles. The van der Waals surface area contributed by atoms with Crippen LogP contribution in [0.25, 0.3) is 0 Å². The van der Waals surface area contributed by atoms with E-state index in [9.17, 15) is 24.0 Å². The number of fused-ring (bicyclic) bond motifs is 1. The number of hydrogen-bond acceptors (Lipinski definition) is 6. The molecule has 2 fully saturated rings. The highest BCUT2D eigenvalue weighted by atomic mass is 35.5. The Labute approximate surface area is 210 Å². The molecular formula is C24H21Cl2N3O6. The first kappa shape index (κ1) is 24.7. The summed E-state index contributed by atoms with van der Waals surface area (Å²) in [6, 6.07) is 14.0. The van der Waals surface area contributed by atoms with Crippen molar-refractivity contribution in [2.24, 2.45) is 11.8 Å². The molecule has 11 heteroatoms. The molecule has 182 valence electrons. The highest BCUT2D eigenvalue weighted by molar-refractivity contribution is 6.31. The van der Waals surface area contributed by atoms with Crippen LogP contribution in [0, 0.1) is 11.8 Å². The molecule has 4 atom stereocenters. The van der Waals surface area contributed by atoms with E-state index >= 15 is 0 Å². The maximum absolute atomic E-state index is 12.8. The van der Waals surface area contributed by atoms with Gasteiger partial charge in [-0.25, -0.2) is 4.79 Å². The molecule has 1 aliphatic heterocycles. The summed E-state index contributed by atoms with van der Waals surface area (Å²) in [4.78, 5) is 62.8. The Balaban J connectivity index is 1.30. The number of benzene rings is 2. The maximum Gasteiger partial charge on any atom is 0.338 e. The van der Waals surface area contributed by atoms with Crippen molar-refractivity contribution in [2.45, 2.75) is 23.6 Å². The number of rotatable bonds is 5. The van der Waals surface area contributed by atoms with Gasteiger partial charge in [0.1, 0.15) is 0 Å². The van der Waals surface area contributed by atoms with Gasteiger partial charge in [-0.1, -0.05) is 18.2 Å². The number of amides is 4. The third kappa shape index (κ3) is 5.31. The molecule has 0 aromatic heterocycles. The van der Waals surface area contributed by atoms with Gasteiger partial charge in [-0.05, 0) is 49.2 Å². The van der Waals surface area contributed by atoms with Crippen LogP contribution in [0.5, 0.6) is 0 Å². The first-order chi connectivity index (χ1) is 16.8. The van der Waals surface area contributed by atoms with Gasteiger partial charge < -0.3 is 4.74 Å². The topological polar surface area (TPSA) is 122 Å². The number of nitrogens with zero attached hydrogens (tertiary/aromatic N) is 1. The van der Waals surface area contributed by atoms with Crippen molar-refractivity contribution < 1.29 is 28.7 Å². The van der Waals surface area contributed by atoms with E-state index in [-0.39, 0.29) is 28.1 Å². The van der Waals surface area contributed by atoms with E-state index in [0.717, 1.165) is 4.90 Å². The van der Waals surface area contributed by atoms with Gasteiger partial charge >= 0.3 is 5.97 Å². The number of esters is 1. The van der Waals surface area contributed by atoms with Gasteiger partial charge in [-0.15, -0.1) is 23.2 Å². The summed E-state index contributed by atoms with van der Waals surface area (Å²) in [6.45, 7) is -0.624. The number of hydrazine groups is 1. The molecule has 4 rings (SSSR count). The molecule has 4 amide bonds. The first-order valence-electron chi connectivity index (χ1n) is 10.8. The normalized spacial score (nSPS) is 23.4. The van der Waals surface area contributed by atoms with Crippen LogP contribution in [0.2, 0.25) is 0 Å². The number of anilines is 1. The van der Waals surface area contributed by atoms with Gasteiger partial charge in [0.15, 0.2) is 6.61 Å². The summed E-state index contributed by atoms with van der Waals surface area (Å²) in [7, 11) is 0. The van der Waals surface area contributed by atoms with Gasteiger partial charge in [-0.3, -0.25) is 34.9 Å². The van der Waals surface area contributed by atoms with E-state index in [1.165, 1.54) is 24.3 Å². The quantitative estimate of drug-likeness (QED) is 0.272. The Bertz CT molecular complexity index is 1130. The van der Waals surface area contributed by atoms with Gasteiger partial charge in [0, 0.05) is 5.56 Å². The van der Waals surface area contributed by atoms with Gasteiger partial charge in [0.2, 0.25) is 11.8 Å². The lowest BCUT2D eigenvalue weighted by atomic mass is 9.80. The van der Waals surface area contributed by atoms with Crippen molar-refractivity contribution in [3.63, 3.8) is 0 Å². The molecule has 2 aromatic carbocycles. The minimum absolute atomic E-state index is 0.119. The van der Waals surface area contributed by atoms with Gasteiger partial charge in [0.05, 0.1) is 33.8 Å². The largest absolute Gasteiger partial charge is 0.452 e. The van der Waals surface area contributed by atoms with Crippen molar-refractivity contribution >= 4 is 58.5 Å². The molecule has 1 heterocycles. The second kappa shape index (κ2) is 10.5. The molecule has 35 heavy (non-hydrogen) atoms. The zero-order valence-electron chi connectivity index (χ0n) is 18.3. The smallest absolute Gasteiger partial charge is 0.338 e. The zero-order valence-corrected chi connectivity index (χ0v) is 19.8. The van der Waals surface area contributed by atoms with Crippen LogP contribution in [0.4, 0.5) is 5.69 Å². The van der Waals surface area contributed by atoms with E-state index in [1.807, 2.05) is 0 Å². The Morgan fingerprint density at radius 2 is 1.40 bits per heavy atom. The molecule has 2 aromatic rings. The molecule has 0 unspecified atom stereocenters. The number of carbonyl (C=O) groups is 5. The fourth-order valence-electron chi connectivity index (χ4n) is 4.13. The Kier molecular flexibility index (Phi) is 7.37. The molecule has 1 aliphatic carbocycles. The molecule has 2 aliphatic rings. The third-order valence-electron chi connectivity index (χ3n) is 5.96. The molecule has 9 nitrogen and oxygen atoms in total. The number of nitrogens with one attached hydrogen (secondary N) is 2. The number of carbonyl (C=O) groups excluding carboxylic acids is 5. The molecular weight excluding hydrogens is 497 g/mol. The third-order valence-corrected chi connectivity index (χ3v) is 7.05. The van der Waals surface area contributed by atoms with Crippen molar-refractivity contribution in [3.05, 3.63) is 65.7 Å². The number of halogens is 2. The average molecular weight is 518 g/mol. The van der Waals surface area contributed by atoms with Crippen LogP contribution in [0.15, 0.2) is 54.6 Å². The predicted octanol–water partition coefficient (Wildman–Crippen LogP) is 2.42. The van der Waals surface area contributed by atoms with Crippen molar-refractivity contribution in [1.82, 2.24) is 10.9 Å². The zero-order chi connectivity index (χ0) is 25.1. The number of ether oxygens (including phenoxy) is 1. The number of imide groups is 1. The lowest BCUT2D eigenvalue weighted by molar-refractivity contribution is -0.125. The van der Waals surface area contributed by atoms with Crippen molar-refractivity contribution in [1.29, 1.82) is 0 Å². The second-order valence-corrected chi connectivity index (χ2v) is 9.34. The van der Waals surface area contributed by atoms with Crippen LogP contribution in [-0.2, 0) is 19.1 Å². The summed E-state index contributed by atoms with van der Waals surface area (Å²) >= 11 is 12.4. The van der Waals surface area contributed by atoms with Crippen LogP contribution < -0.4 is 15.8 Å². The monoisotopic (exact) mass is 517 g/mol. The van der Waals surface area contributed by atoms with E-state index in [2.05, 4.69) is 10.9 Å². The van der Waals surface area contributed by atoms with Crippen molar-refractivity contribution in [2.75, 3.05) is 11.5 Å². The summed E-state index contributed by atoms with van der Waals surface area (Å²) < 4.78 is 4.96. The average Bonchev–Trinajstić information content (AvgIpc) is 3.10. The lowest BCUT2D eigenvalue weighted by Gasteiger charge is -2.28. The summed E-state index contributed by atoms with van der Waals surface area (Å²) in [6.07, 6.45) is 0.666. The minimum atomic E-state index is -0.788. The summed E-state index contributed by atoms with van der Waals surface area (Å²) in [5.74, 6) is -3.72. The molecule has 0 spiro atoms. The van der Waals surface area contributed by atoms with Crippen LogP contribution in [0.1, 0.15) is 33.6 Å².